The zero-order valence-corrected chi connectivity index (χ0v) is 64.3. The number of aryl methyl sites for hydroxylation is 19. The van der Waals surface area contributed by atoms with Gasteiger partial charge in [-0.15, -0.1) is 0 Å². The van der Waals surface area contributed by atoms with Crippen molar-refractivity contribution in [2.45, 2.75) is 103 Å². The molecule has 12 aromatic heterocycles. The molecular weight excluding hydrogens is 1370 g/mol. The minimum Gasteiger partial charge on any atom is -0.453 e. The van der Waals surface area contributed by atoms with Crippen LogP contribution in [-0.4, -0.2) is 19.9 Å². The second-order valence-electron chi connectivity index (χ2n) is 29.7. The molecule has 12 heterocycles. The topological polar surface area (TPSA) is 120 Å². The third kappa shape index (κ3) is 12.4. The highest BCUT2D eigenvalue weighted by Gasteiger charge is 2.28. The van der Waals surface area contributed by atoms with Crippen LogP contribution in [0.1, 0.15) is 104 Å². The van der Waals surface area contributed by atoms with Gasteiger partial charge in [0.1, 0.15) is 50.3 Å². The van der Waals surface area contributed by atoms with E-state index in [1.807, 2.05) is 193 Å². The summed E-state index contributed by atoms with van der Waals surface area (Å²) in [5, 5.41) is 7.45. The molecule has 0 atom stereocenters. The number of nitrogens with zero attached hydrogens (tertiary/aromatic N) is 8. The number of rotatable bonds is 4. The fourth-order valence-corrected chi connectivity index (χ4v) is 15.5. The molecule has 0 spiro atoms. The summed E-state index contributed by atoms with van der Waals surface area (Å²) in [6.45, 7) is 8.62. The van der Waals surface area contributed by atoms with Crippen LogP contribution < -0.4 is 18.3 Å². The number of furan rings is 4. The number of fused-ring (bicyclic) bond motifs is 16. The molecule has 0 aliphatic rings. The molecule has 8 aromatic carbocycles. The Labute approximate surface area is 666 Å². The maximum Gasteiger partial charge on any atom is 0.216 e. The number of benzene rings is 8. The summed E-state index contributed by atoms with van der Waals surface area (Å²) >= 11 is 0. The van der Waals surface area contributed by atoms with E-state index in [1.165, 1.54) is 11.1 Å². The van der Waals surface area contributed by atoms with E-state index in [0.29, 0.717) is 55.4 Å². The van der Waals surface area contributed by atoms with E-state index in [0.717, 1.165) is 188 Å². The van der Waals surface area contributed by atoms with Gasteiger partial charge < -0.3 is 17.7 Å². The van der Waals surface area contributed by atoms with E-state index in [4.69, 9.17) is 58.2 Å². The molecule has 0 saturated carbocycles. The van der Waals surface area contributed by atoms with Gasteiger partial charge in [-0.25, -0.2) is 38.2 Å². The average Bonchev–Trinajstić information content (AvgIpc) is 1.59. The van der Waals surface area contributed by atoms with Crippen molar-refractivity contribution in [3.05, 3.63) is 284 Å². The first kappa shape index (κ1) is 55.6. The highest BCUT2D eigenvalue weighted by Crippen LogP contribution is 2.43. The molecule has 20 aromatic rings. The average molecular weight is 1470 g/mol. The van der Waals surface area contributed by atoms with Crippen molar-refractivity contribution in [1.82, 2.24) is 19.9 Å². The second-order valence-corrected chi connectivity index (χ2v) is 29.7. The molecule has 111 heavy (non-hydrogen) atoms. The molecule has 12 nitrogen and oxygen atoms in total. The molecule has 546 valence electrons. The Morgan fingerprint density at radius 1 is 0.252 bits per heavy atom. The van der Waals surface area contributed by atoms with Crippen molar-refractivity contribution < 1.29 is 56.5 Å². The van der Waals surface area contributed by atoms with Gasteiger partial charge in [-0.05, 0) is 232 Å². The van der Waals surface area contributed by atoms with Gasteiger partial charge >= 0.3 is 0 Å². The highest BCUT2D eigenvalue weighted by atomic mass is 16.3. The largest absolute Gasteiger partial charge is 0.453 e. The molecule has 12 heteroatoms. The normalized spacial score (nSPS) is 14.3. The van der Waals surface area contributed by atoms with Crippen molar-refractivity contribution in [3.63, 3.8) is 0 Å². The minimum atomic E-state index is -2.28. The number of pyridine rings is 8. The maximum atomic E-state index is 7.90. The van der Waals surface area contributed by atoms with Crippen LogP contribution in [0.2, 0.25) is 0 Å². The fourth-order valence-electron chi connectivity index (χ4n) is 15.5. The predicted octanol–water partition coefficient (Wildman–Crippen LogP) is 23.1. The Bertz CT molecular complexity index is 7880. The quantitative estimate of drug-likeness (QED) is 0.160. The lowest BCUT2D eigenvalue weighted by atomic mass is 9.99. The van der Waals surface area contributed by atoms with Crippen molar-refractivity contribution in [3.8, 4) is 45.0 Å². The fraction of sp³-hybridized carbons (Fsp3) is 0.192. The minimum absolute atomic E-state index is 0.205. The monoisotopic (exact) mass is 1470 g/mol. The number of hydrogen-bond acceptors (Lipinski definition) is 8. The van der Waals surface area contributed by atoms with Crippen LogP contribution in [0.15, 0.2) is 218 Å². The number of hydrogen-bond donors (Lipinski definition) is 0. The Kier molecular flexibility index (Phi) is 13.7. The molecular formula is C99H90N8O4+4. The number of aromatic nitrogens is 8. The third-order valence-electron chi connectivity index (χ3n) is 21.7. The van der Waals surface area contributed by atoms with Crippen LogP contribution in [0.4, 0.5) is 0 Å². The van der Waals surface area contributed by atoms with Gasteiger partial charge in [0.25, 0.3) is 0 Å². The summed E-state index contributed by atoms with van der Waals surface area (Å²) in [5.41, 5.74) is 30.3. The molecule has 0 unspecified atom stereocenters. The summed E-state index contributed by atoms with van der Waals surface area (Å²) in [4.78, 5) is 19.4. The highest BCUT2D eigenvalue weighted by molar-refractivity contribution is 6.14. The van der Waals surface area contributed by atoms with Gasteiger partial charge in [0, 0.05) is 110 Å². The molecule has 0 fully saturated rings. The Morgan fingerprint density at radius 3 is 1.00 bits per heavy atom. The summed E-state index contributed by atoms with van der Waals surface area (Å²) in [7, 11) is 7.44. The molecule has 0 N–H and O–H groups in total. The number of para-hydroxylation sites is 2. The van der Waals surface area contributed by atoms with Crippen LogP contribution >= 0.6 is 0 Å². The second kappa shape index (κ2) is 27.4. The molecule has 0 amide bonds. The lowest BCUT2D eigenvalue weighted by Crippen LogP contribution is -2.31. The summed E-state index contributed by atoms with van der Waals surface area (Å²) in [6.07, 6.45) is 6.75. The lowest BCUT2D eigenvalue weighted by molar-refractivity contribution is -0.660. The van der Waals surface area contributed by atoms with Crippen LogP contribution in [0, 0.1) is 103 Å². The van der Waals surface area contributed by atoms with E-state index in [9.17, 15) is 0 Å². The Balaban J connectivity index is 0.000000119. The lowest BCUT2D eigenvalue weighted by Gasteiger charge is -2.07. The zero-order chi connectivity index (χ0) is 89.9. The first-order chi connectivity index (χ1) is 59.4. The van der Waals surface area contributed by atoms with Crippen molar-refractivity contribution >= 4 is 132 Å². The molecule has 20 rings (SSSR count). The van der Waals surface area contributed by atoms with E-state index in [-0.39, 0.29) is 5.56 Å². The first-order valence-electron chi connectivity index (χ1n) is 44.4. The zero-order valence-electron chi connectivity index (χ0n) is 79.3. The van der Waals surface area contributed by atoms with Crippen LogP contribution in [0.5, 0.6) is 0 Å². The SMILES string of the molecule is [2H]C([2H])([2H])c1c[n+](C)c(-c2c(C)ccc3c2oc2cc4cc(C)ccc4nc23)cc1C.[2H]C([2H])([2H])c1c[n+](C)c(-c2c(C)ccc3c2oc2cc4ccc(C)cc4nc23)cc1C.[2H]C([2H])([2H])c1c[n+](C)c(-c2c(C)ccc3c2oc2cc4cccc(C([2H])([2H])[2H])c4nc23)cc1C.[2H]C([2H])([2H])c1c[n+](C)c(-c2c(C)ccc3c2oc2cc4ccccc4nc23)cc1C. The van der Waals surface area contributed by atoms with Crippen LogP contribution in [0.3, 0.4) is 0 Å². The molecule has 0 aliphatic heterocycles. The van der Waals surface area contributed by atoms with Gasteiger partial charge in [-0.1, -0.05) is 84.4 Å². The molecule has 0 radical (unpaired) electrons. The van der Waals surface area contributed by atoms with Crippen molar-refractivity contribution in [1.29, 1.82) is 0 Å². The molecule has 0 bridgehead atoms. The standard InChI is InChI=1S/3C25H23N2O.C24H21N2O/c1-14-6-9-20-18(10-14)12-22-24(26-20)19-8-7-15(2)23(25(19)28-22)21-11-16(3)17(4)13-27(21)5;1-14-6-8-18-12-22-24(26-20(18)10-14)19-9-7-15(2)23(25(19)28-22)21-11-16(3)17(4)13-27(21)5;1-14-9-10-19-24-21(12-18-8-6-7-15(2)23(18)26-24)28-25(19)22(14)20-11-16(3)17(4)13-27(20)5;1-14-9-10-18-23-21(12-17-7-5-6-8-19(17)25-23)27-24(18)22(14)20-11-15(2)16(3)13-26(20)4/h3*6-13H,1-5H3;5-13H,1-4H3/q4*+1/i2*4D3;2D3,4D3;3D3. The molecule has 0 saturated heterocycles. The Morgan fingerprint density at radius 2 is 0.586 bits per heavy atom. The van der Waals surface area contributed by atoms with Crippen molar-refractivity contribution in [2.24, 2.45) is 28.2 Å². The van der Waals surface area contributed by atoms with E-state index in [1.54, 1.807) is 48.4 Å². The Hall–Kier alpha value is -12.8. The van der Waals surface area contributed by atoms with Gasteiger partial charge in [-0.2, -0.15) is 0 Å². The van der Waals surface area contributed by atoms with Crippen LogP contribution in [-0.2, 0) is 28.2 Å². The first-order valence-corrected chi connectivity index (χ1v) is 36.9. The summed E-state index contributed by atoms with van der Waals surface area (Å²) in [5.74, 6) is 0. The maximum absolute atomic E-state index is 7.90. The summed E-state index contributed by atoms with van der Waals surface area (Å²) < 4.78 is 150. The van der Waals surface area contributed by atoms with Gasteiger partial charge in [0.15, 0.2) is 69.5 Å². The van der Waals surface area contributed by atoms with E-state index in [2.05, 4.69) is 74.5 Å². The van der Waals surface area contributed by atoms with Gasteiger partial charge in [-0.3, -0.25) is 0 Å². The predicted molar refractivity (Wildman–Crippen MR) is 454 cm³/mol. The van der Waals surface area contributed by atoms with E-state index >= 15 is 0 Å². The summed E-state index contributed by atoms with van der Waals surface area (Å²) in [6, 6.07) is 57.4. The van der Waals surface area contributed by atoms with Crippen molar-refractivity contribution in [2.75, 3.05) is 0 Å². The van der Waals surface area contributed by atoms with Gasteiger partial charge in [0.05, 0.1) is 44.3 Å². The van der Waals surface area contributed by atoms with E-state index < -0.39 is 34.3 Å². The van der Waals surface area contributed by atoms with Gasteiger partial charge in [0.2, 0.25) is 22.8 Å². The van der Waals surface area contributed by atoms with Crippen LogP contribution in [0.25, 0.3) is 177 Å². The smallest absolute Gasteiger partial charge is 0.216 e. The molecule has 0 aliphatic carbocycles. The third-order valence-corrected chi connectivity index (χ3v) is 21.7.